The number of nitrogens with one attached hydrogen (secondary N) is 1. The van der Waals surface area contributed by atoms with Crippen LogP contribution in [0.25, 0.3) is 11.0 Å². The molecular weight excluding hydrogens is 484 g/mol. The fraction of sp³-hybridized carbons (Fsp3) is 0.379. The van der Waals surface area contributed by atoms with Crippen LogP contribution in [0, 0.1) is 6.92 Å². The minimum absolute atomic E-state index is 0.118. The highest BCUT2D eigenvalue weighted by atomic mass is 16.3. The first kappa shape index (κ1) is 25.5. The SMILES string of the molecule is Cc1ccc2oc(C(=O)NCC(=O)N3CCN(c4ccccc4CN4CCCCC4=O)CC3)cc(=O)c2c1. The number of amides is 3. The molecule has 0 spiro atoms. The summed E-state index contributed by atoms with van der Waals surface area (Å²) in [4.78, 5) is 56.0. The van der Waals surface area contributed by atoms with Crippen LogP contribution in [-0.2, 0) is 16.1 Å². The second-order valence-corrected chi connectivity index (χ2v) is 9.93. The maximum absolute atomic E-state index is 12.8. The zero-order valence-corrected chi connectivity index (χ0v) is 21.6. The zero-order valence-electron chi connectivity index (χ0n) is 21.6. The molecule has 0 aliphatic carbocycles. The van der Waals surface area contributed by atoms with E-state index in [0.29, 0.717) is 50.1 Å². The van der Waals surface area contributed by atoms with Gasteiger partial charge < -0.3 is 24.4 Å². The van der Waals surface area contributed by atoms with Crippen molar-refractivity contribution in [1.82, 2.24) is 15.1 Å². The third kappa shape index (κ3) is 5.56. The van der Waals surface area contributed by atoms with E-state index < -0.39 is 5.91 Å². The topological polar surface area (TPSA) is 103 Å². The molecule has 0 bridgehead atoms. The molecule has 1 N–H and O–H groups in total. The number of hydrogen-bond acceptors (Lipinski definition) is 6. The van der Waals surface area contributed by atoms with E-state index >= 15 is 0 Å². The Morgan fingerprint density at radius 2 is 1.74 bits per heavy atom. The lowest BCUT2D eigenvalue weighted by molar-refractivity contribution is -0.134. The monoisotopic (exact) mass is 516 g/mol. The van der Waals surface area contributed by atoms with Crippen molar-refractivity contribution in [3.63, 3.8) is 0 Å². The molecule has 0 radical (unpaired) electrons. The second-order valence-electron chi connectivity index (χ2n) is 9.93. The van der Waals surface area contributed by atoms with Crippen LogP contribution >= 0.6 is 0 Å². The van der Waals surface area contributed by atoms with E-state index in [1.54, 1.807) is 17.0 Å². The Kier molecular flexibility index (Phi) is 7.44. The zero-order chi connectivity index (χ0) is 26.6. The molecule has 5 rings (SSSR count). The van der Waals surface area contributed by atoms with Crippen LogP contribution < -0.4 is 15.6 Å². The molecule has 2 fully saturated rings. The summed E-state index contributed by atoms with van der Waals surface area (Å²) in [6, 6.07) is 14.5. The predicted octanol–water partition coefficient (Wildman–Crippen LogP) is 2.69. The van der Waals surface area contributed by atoms with Crippen molar-refractivity contribution in [2.75, 3.05) is 44.2 Å². The molecule has 3 aromatic rings. The largest absolute Gasteiger partial charge is 0.451 e. The summed E-state index contributed by atoms with van der Waals surface area (Å²) in [5.41, 5.74) is 3.16. The maximum atomic E-state index is 12.8. The van der Waals surface area contributed by atoms with Gasteiger partial charge in [-0.05, 0) is 43.5 Å². The van der Waals surface area contributed by atoms with Gasteiger partial charge in [-0.25, -0.2) is 0 Å². The van der Waals surface area contributed by atoms with E-state index in [2.05, 4.69) is 22.3 Å². The number of fused-ring (bicyclic) bond motifs is 1. The lowest BCUT2D eigenvalue weighted by atomic mass is 10.1. The number of benzene rings is 2. The lowest BCUT2D eigenvalue weighted by Gasteiger charge is -2.37. The van der Waals surface area contributed by atoms with Crippen molar-refractivity contribution in [2.24, 2.45) is 0 Å². The van der Waals surface area contributed by atoms with Crippen molar-refractivity contribution >= 4 is 34.4 Å². The van der Waals surface area contributed by atoms with Gasteiger partial charge in [-0.1, -0.05) is 29.8 Å². The molecule has 0 atom stereocenters. The highest BCUT2D eigenvalue weighted by molar-refractivity contribution is 5.95. The van der Waals surface area contributed by atoms with Gasteiger partial charge in [-0.15, -0.1) is 0 Å². The normalized spacial score (nSPS) is 16.1. The number of anilines is 1. The first-order valence-electron chi connectivity index (χ1n) is 13.1. The predicted molar refractivity (Wildman–Crippen MR) is 144 cm³/mol. The van der Waals surface area contributed by atoms with E-state index in [-0.39, 0.29) is 29.5 Å². The standard InChI is InChI=1S/C29H32N4O5/c1-20-9-10-25-22(16-20)24(34)17-26(38-25)29(37)30-18-28(36)32-14-12-31(13-15-32)23-7-3-2-6-21(23)19-33-11-5-4-8-27(33)35/h2-3,6-7,9-10,16-17H,4-5,8,11-15,18-19H2,1H3,(H,30,37). The van der Waals surface area contributed by atoms with Crippen LogP contribution in [0.5, 0.6) is 0 Å². The third-order valence-corrected chi connectivity index (χ3v) is 7.25. The summed E-state index contributed by atoms with van der Waals surface area (Å²) < 4.78 is 5.60. The average Bonchev–Trinajstić information content (AvgIpc) is 2.93. The van der Waals surface area contributed by atoms with Gasteiger partial charge in [0.15, 0.2) is 11.2 Å². The molecular formula is C29H32N4O5. The molecule has 38 heavy (non-hydrogen) atoms. The number of likely N-dealkylation sites (tertiary alicyclic amines) is 1. The Bertz CT molecular complexity index is 1420. The molecule has 0 saturated carbocycles. The number of rotatable bonds is 6. The van der Waals surface area contributed by atoms with Crippen LogP contribution in [0.3, 0.4) is 0 Å². The Hall–Kier alpha value is -4.14. The molecule has 1 aromatic heterocycles. The molecule has 0 unspecified atom stereocenters. The van der Waals surface area contributed by atoms with Gasteiger partial charge in [0.2, 0.25) is 11.8 Å². The minimum Gasteiger partial charge on any atom is -0.451 e. The number of para-hydroxylation sites is 1. The number of nitrogens with zero attached hydrogens (tertiary/aromatic N) is 3. The first-order chi connectivity index (χ1) is 18.4. The molecule has 2 saturated heterocycles. The molecule has 9 nitrogen and oxygen atoms in total. The fourth-order valence-corrected chi connectivity index (χ4v) is 5.12. The molecule has 198 valence electrons. The maximum Gasteiger partial charge on any atom is 0.287 e. The van der Waals surface area contributed by atoms with Crippen LogP contribution in [-0.4, -0.2) is 66.8 Å². The number of hydrogen-bond donors (Lipinski definition) is 1. The van der Waals surface area contributed by atoms with E-state index in [4.69, 9.17) is 4.42 Å². The summed E-state index contributed by atoms with van der Waals surface area (Å²) in [5, 5.41) is 3.00. The Labute approximate surface area is 221 Å². The quantitative estimate of drug-likeness (QED) is 0.541. The molecule has 9 heteroatoms. The number of aryl methyl sites for hydroxylation is 1. The van der Waals surface area contributed by atoms with Crippen LogP contribution in [0.2, 0.25) is 0 Å². The first-order valence-corrected chi connectivity index (χ1v) is 13.1. The highest BCUT2D eigenvalue weighted by Crippen LogP contribution is 2.25. The van der Waals surface area contributed by atoms with Crippen molar-refractivity contribution in [3.8, 4) is 0 Å². The number of piperidine rings is 1. The summed E-state index contributed by atoms with van der Waals surface area (Å²) >= 11 is 0. The molecule has 3 amide bonds. The number of carbonyl (C=O) groups excluding carboxylic acids is 3. The van der Waals surface area contributed by atoms with Crippen molar-refractivity contribution in [3.05, 3.63) is 75.6 Å². The highest BCUT2D eigenvalue weighted by Gasteiger charge is 2.25. The third-order valence-electron chi connectivity index (χ3n) is 7.25. The van der Waals surface area contributed by atoms with Gasteiger partial charge in [-0.2, -0.15) is 0 Å². The Morgan fingerprint density at radius 1 is 0.947 bits per heavy atom. The number of piperazine rings is 1. The van der Waals surface area contributed by atoms with Gasteiger partial charge in [0.1, 0.15) is 5.58 Å². The fourth-order valence-electron chi connectivity index (χ4n) is 5.12. The van der Waals surface area contributed by atoms with E-state index in [9.17, 15) is 19.2 Å². The van der Waals surface area contributed by atoms with Crippen molar-refractivity contribution < 1.29 is 18.8 Å². The van der Waals surface area contributed by atoms with Gasteiger partial charge in [0.05, 0.1) is 11.9 Å². The van der Waals surface area contributed by atoms with Crippen molar-refractivity contribution in [1.29, 1.82) is 0 Å². The van der Waals surface area contributed by atoms with Crippen LogP contribution in [0.1, 0.15) is 40.9 Å². The minimum atomic E-state index is -0.599. The Balaban J connectivity index is 1.16. The summed E-state index contributed by atoms with van der Waals surface area (Å²) in [6.45, 7) is 5.46. The van der Waals surface area contributed by atoms with Crippen LogP contribution in [0.4, 0.5) is 5.69 Å². The lowest BCUT2D eigenvalue weighted by Crippen LogP contribution is -2.51. The van der Waals surface area contributed by atoms with Crippen molar-refractivity contribution in [2.45, 2.75) is 32.7 Å². The average molecular weight is 517 g/mol. The van der Waals surface area contributed by atoms with Gasteiger partial charge in [0.25, 0.3) is 5.91 Å². The summed E-state index contributed by atoms with van der Waals surface area (Å²) in [6.07, 6.45) is 2.62. The summed E-state index contributed by atoms with van der Waals surface area (Å²) in [7, 11) is 0. The molecule has 3 heterocycles. The van der Waals surface area contributed by atoms with Crippen LogP contribution in [0.15, 0.2) is 57.7 Å². The number of carbonyl (C=O) groups is 3. The van der Waals surface area contributed by atoms with E-state index in [1.165, 1.54) is 0 Å². The summed E-state index contributed by atoms with van der Waals surface area (Å²) in [5.74, 6) is -0.698. The van der Waals surface area contributed by atoms with E-state index in [1.807, 2.05) is 30.0 Å². The molecule has 2 aromatic carbocycles. The van der Waals surface area contributed by atoms with Gasteiger partial charge in [0, 0.05) is 57.4 Å². The molecule has 2 aliphatic heterocycles. The van der Waals surface area contributed by atoms with E-state index in [0.717, 1.165) is 42.3 Å². The molecule has 2 aliphatic rings. The second kappa shape index (κ2) is 11.1. The van der Waals surface area contributed by atoms with Gasteiger partial charge in [-0.3, -0.25) is 19.2 Å². The Morgan fingerprint density at radius 3 is 2.53 bits per heavy atom. The van der Waals surface area contributed by atoms with Gasteiger partial charge >= 0.3 is 0 Å². The smallest absolute Gasteiger partial charge is 0.287 e.